The molecule has 0 bridgehead atoms. The first-order valence-corrected chi connectivity index (χ1v) is 8.49. The van der Waals surface area contributed by atoms with Gasteiger partial charge >= 0.3 is 0 Å². The van der Waals surface area contributed by atoms with E-state index in [4.69, 9.17) is 16.3 Å². The van der Waals surface area contributed by atoms with Gasteiger partial charge in [0.15, 0.2) is 0 Å². The first kappa shape index (κ1) is 16.7. The Kier molecular flexibility index (Phi) is 4.71. The minimum Gasteiger partial charge on any atom is -0.484 e. The van der Waals surface area contributed by atoms with Crippen molar-refractivity contribution in [2.75, 3.05) is 13.1 Å². The standard InChI is InChI=1S/C18H20ClN3O2/c1-4-22(5-2)17(23)9-16-14-10-20-11(3)21-18(14)13-8-12(19)6-7-15(13)24-16/h6-8,10,16H,4-5,9H2,1-3H3. The minimum absolute atomic E-state index is 0.0638. The van der Waals surface area contributed by atoms with Crippen molar-refractivity contribution < 1.29 is 9.53 Å². The average Bonchev–Trinajstić information content (AvgIpc) is 2.56. The number of rotatable bonds is 4. The molecule has 0 aliphatic carbocycles. The van der Waals surface area contributed by atoms with Gasteiger partial charge in [0.05, 0.1) is 12.1 Å². The second-order valence-electron chi connectivity index (χ2n) is 5.74. The van der Waals surface area contributed by atoms with Crippen LogP contribution in [-0.2, 0) is 4.79 Å². The number of carbonyl (C=O) groups excluding carboxylic acids is 1. The fourth-order valence-corrected chi connectivity index (χ4v) is 3.13. The van der Waals surface area contributed by atoms with Crippen molar-refractivity contribution in [3.05, 3.63) is 40.8 Å². The highest BCUT2D eigenvalue weighted by molar-refractivity contribution is 6.31. The van der Waals surface area contributed by atoms with Crippen molar-refractivity contribution in [2.24, 2.45) is 0 Å². The van der Waals surface area contributed by atoms with E-state index in [9.17, 15) is 4.79 Å². The van der Waals surface area contributed by atoms with Crippen molar-refractivity contribution in [1.82, 2.24) is 14.9 Å². The first-order valence-electron chi connectivity index (χ1n) is 8.11. The van der Waals surface area contributed by atoms with Crippen LogP contribution in [0.4, 0.5) is 0 Å². The Labute approximate surface area is 146 Å². The summed E-state index contributed by atoms with van der Waals surface area (Å²) >= 11 is 6.12. The monoisotopic (exact) mass is 345 g/mol. The molecule has 1 atom stereocenters. The molecule has 1 aliphatic rings. The van der Waals surface area contributed by atoms with Gasteiger partial charge in [0.25, 0.3) is 0 Å². The highest BCUT2D eigenvalue weighted by atomic mass is 35.5. The number of nitrogens with zero attached hydrogens (tertiary/aromatic N) is 3. The molecule has 126 valence electrons. The number of benzene rings is 1. The summed E-state index contributed by atoms with van der Waals surface area (Å²) in [4.78, 5) is 23.1. The molecule has 0 saturated heterocycles. The van der Waals surface area contributed by atoms with Crippen LogP contribution in [0.15, 0.2) is 24.4 Å². The summed E-state index contributed by atoms with van der Waals surface area (Å²) in [5.74, 6) is 1.44. The van der Waals surface area contributed by atoms with Gasteiger partial charge in [0.1, 0.15) is 17.7 Å². The fraction of sp³-hybridized carbons (Fsp3) is 0.389. The zero-order valence-corrected chi connectivity index (χ0v) is 14.8. The number of hydrogen-bond donors (Lipinski definition) is 0. The summed E-state index contributed by atoms with van der Waals surface area (Å²) in [5.41, 5.74) is 2.47. The molecule has 5 nitrogen and oxygen atoms in total. The second kappa shape index (κ2) is 6.77. The quantitative estimate of drug-likeness (QED) is 0.845. The molecule has 1 aromatic heterocycles. The van der Waals surface area contributed by atoms with E-state index >= 15 is 0 Å². The summed E-state index contributed by atoms with van der Waals surface area (Å²) in [6.07, 6.45) is 1.63. The molecule has 6 heteroatoms. The molecular weight excluding hydrogens is 326 g/mol. The van der Waals surface area contributed by atoms with Gasteiger partial charge in [-0.05, 0) is 39.0 Å². The average molecular weight is 346 g/mol. The van der Waals surface area contributed by atoms with Crippen LogP contribution in [0.5, 0.6) is 5.75 Å². The highest BCUT2D eigenvalue weighted by Gasteiger charge is 2.30. The number of aryl methyl sites for hydroxylation is 1. The predicted octanol–water partition coefficient (Wildman–Crippen LogP) is 3.80. The van der Waals surface area contributed by atoms with Crippen LogP contribution in [-0.4, -0.2) is 33.9 Å². The maximum atomic E-state index is 12.5. The van der Waals surface area contributed by atoms with Crippen molar-refractivity contribution >= 4 is 17.5 Å². The third-order valence-electron chi connectivity index (χ3n) is 4.23. The number of amides is 1. The largest absolute Gasteiger partial charge is 0.484 e. The Hall–Kier alpha value is -2.14. The molecule has 1 unspecified atom stereocenters. The number of ether oxygens (including phenoxy) is 1. The summed E-state index contributed by atoms with van der Waals surface area (Å²) in [6, 6.07) is 5.44. The fourth-order valence-electron chi connectivity index (χ4n) is 2.95. The van der Waals surface area contributed by atoms with E-state index < -0.39 is 0 Å². The molecule has 2 aromatic rings. The number of halogens is 1. The lowest BCUT2D eigenvalue weighted by Crippen LogP contribution is -2.33. The Morgan fingerprint density at radius 1 is 1.33 bits per heavy atom. The van der Waals surface area contributed by atoms with Gasteiger partial charge in [-0.2, -0.15) is 0 Å². The van der Waals surface area contributed by atoms with E-state index in [1.807, 2.05) is 32.9 Å². The molecule has 0 N–H and O–H groups in total. The highest BCUT2D eigenvalue weighted by Crippen LogP contribution is 2.43. The van der Waals surface area contributed by atoms with Crippen molar-refractivity contribution in [3.63, 3.8) is 0 Å². The molecule has 0 saturated carbocycles. The van der Waals surface area contributed by atoms with Gasteiger partial charge in [-0.25, -0.2) is 9.97 Å². The van der Waals surface area contributed by atoms with E-state index in [1.165, 1.54) is 0 Å². The lowest BCUT2D eigenvalue weighted by molar-refractivity contribution is -0.132. The zero-order chi connectivity index (χ0) is 17.3. The number of carbonyl (C=O) groups is 1. The van der Waals surface area contributed by atoms with E-state index in [0.29, 0.717) is 29.7 Å². The smallest absolute Gasteiger partial charge is 0.226 e. The number of aromatic nitrogens is 2. The maximum Gasteiger partial charge on any atom is 0.226 e. The number of hydrogen-bond acceptors (Lipinski definition) is 4. The van der Waals surface area contributed by atoms with Gasteiger partial charge < -0.3 is 9.64 Å². The van der Waals surface area contributed by atoms with Crippen LogP contribution in [0, 0.1) is 6.92 Å². The van der Waals surface area contributed by atoms with Crippen molar-refractivity contribution in [3.8, 4) is 17.0 Å². The second-order valence-corrected chi connectivity index (χ2v) is 6.17. The molecule has 0 spiro atoms. The normalized spacial score (nSPS) is 15.2. The SMILES string of the molecule is CCN(CC)C(=O)CC1Oc2ccc(Cl)cc2-c2nc(C)ncc21. The lowest BCUT2D eigenvalue weighted by Gasteiger charge is -2.29. The number of fused-ring (bicyclic) bond motifs is 3. The van der Waals surface area contributed by atoms with Crippen LogP contribution in [0.3, 0.4) is 0 Å². The Bertz CT molecular complexity index is 775. The Morgan fingerprint density at radius 3 is 2.79 bits per heavy atom. The Morgan fingerprint density at radius 2 is 2.08 bits per heavy atom. The van der Waals surface area contributed by atoms with Crippen LogP contribution in [0.1, 0.15) is 37.8 Å². The van der Waals surface area contributed by atoms with Crippen molar-refractivity contribution in [2.45, 2.75) is 33.3 Å². The van der Waals surface area contributed by atoms with Gasteiger partial charge in [-0.1, -0.05) is 11.6 Å². The van der Waals surface area contributed by atoms with Crippen molar-refractivity contribution in [1.29, 1.82) is 0 Å². The molecule has 1 aliphatic heterocycles. The topological polar surface area (TPSA) is 55.3 Å². The summed E-state index contributed by atoms with van der Waals surface area (Å²) in [7, 11) is 0. The minimum atomic E-state index is -0.387. The molecule has 3 rings (SSSR count). The maximum absolute atomic E-state index is 12.5. The van der Waals surface area contributed by atoms with Gasteiger partial charge in [0, 0.05) is 35.4 Å². The van der Waals surface area contributed by atoms with Gasteiger partial charge in [0.2, 0.25) is 5.91 Å². The molecule has 0 radical (unpaired) electrons. The van der Waals surface area contributed by atoms with Gasteiger partial charge in [-0.15, -0.1) is 0 Å². The Balaban J connectivity index is 2.00. The van der Waals surface area contributed by atoms with Crippen LogP contribution in [0.2, 0.25) is 5.02 Å². The first-order chi connectivity index (χ1) is 11.5. The predicted molar refractivity (Wildman–Crippen MR) is 93.1 cm³/mol. The molecule has 24 heavy (non-hydrogen) atoms. The van der Waals surface area contributed by atoms with E-state index in [-0.39, 0.29) is 18.4 Å². The van der Waals surface area contributed by atoms with Crippen LogP contribution >= 0.6 is 11.6 Å². The van der Waals surface area contributed by atoms with E-state index in [0.717, 1.165) is 16.8 Å². The molecule has 2 heterocycles. The summed E-state index contributed by atoms with van der Waals surface area (Å²) < 4.78 is 6.08. The molecule has 1 aromatic carbocycles. The van der Waals surface area contributed by atoms with Crippen LogP contribution in [0.25, 0.3) is 11.3 Å². The third kappa shape index (κ3) is 3.08. The lowest BCUT2D eigenvalue weighted by atomic mass is 9.96. The molecular formula is C18H20ClN3O2. The summed E-state index contributed by atoms with van der Waals surface area (Å²) in [6.45, 7) is 7.16. The van der Waals surface area contributed by atoms with E-state index in [2.05, 4.69) is 9.97 Å². The molecule has 1 amide bonds. The van der Waals surface area contributed by atoms with Gasteiger partial charge in [-0.3, -0.25) is 4.79 Å². The zero-order valence-electron chi connectivity index (χ0n) is 14.0. The third-order valence-corrected chi connectivity index (χ3v) is 4.46. The molecule has 0 fully saturated rings. The van der Waals surface area contributed by atoms with E-state index in [1.54, 1.807) is 17.2 Å². The summed E-state index contributed by atoms with van der Waals surface area (Å²) in [5, 5.41) is 0.622. The van der Waals surface area contributed by atoms with Crippen LogP contribution < -0.4 is 4.74 Å².